The minimum atomic E-state index is 0.255. The summed E-state index contributed by atoms with van der Waals surface area (Å²) in [6.07, 6.45) is 16.4. The summed E-state index contributed by atoms with van der Waals surface area (Å²) in [7, 11) is 0. The highest BCUT2D eigenvalue weighted by Gasteiger charge is 2.38. The molecular weight excluding hydrogens is 432 g/mol. The summed E-state index contributed by atoms with van der Waals surface area (Å²) < 4.78 is 34.6. The van der Waals surface area contributed by atoms with Crippen molar-refractivity contribution < 1.29 is 28.4 Å². The van der Waals surface area contributed by atoms with Crippen LogP contribution in [0.25, 0.3) is 0 Å². The summed E-state index contributed by atoms with van der Waals surface area (Å²) in [5, 5.41) is 0. The van der Waals surface area contributed by atoms with Crippen molar-refractivity contribution in [1.82, 2.24) is 0 Å². The Morgan fingerprint density at radius 2 is 0.941 bits per heavy atom. The lowest BCUT2D eigenvalue weighted by Gasteiger charge is -2.42. The third-order valence-electron chi connectivity index (χ3n) is 8.75. The molecule has 5 aliphatic rings. The predicted molar refractivity (Wildman–Crippen MR) is 130 cm³/mol. The fraction of sp³-hybridized carbons (Fsp3) is 1.00. The highest BCUT2D eigenvalue weighted by Crippen LogP contribution is 2.40. The van der Waals surface area contributed by atoms with Gasteiger partial charge in [0.2, 0.25) is 0 Å². The monoisotopic (exact) mass is 480 g/mol. The van der Waals surface area contributed by atoms with Crippen LogP contribution in [0.1, 0.15) is 77.0 Å². The molecule has 5 rings (SSSR count). The van der Waals surface area contributed by atoms with E-state index in [1.165, 1.54) is 51.4 Å². The van der Waals surface area contributed by atoms with E-state index in [0.717, 1.165) is 102 Å². The average Bonchev–Trinajstić information content (AvgIpc) is 3.69. The highest BCUT2D eigenvalue weighted by molar-refractivity contribution is 4.88. The number of rotatable bonds is 18. The maximum absolute atomic E-state index is 6.53. The molecule has 0 radical (unpaired) electrons. The van der Waals surface area contributed by atoms with E-state index < -0.39 is 0 Å². The fourth-order valence-corrected chi connectivity index (χ4v) is 6.14. The van der Waals surface area contributed by atoms with Gasteiger partial charge in [0, 0.05) is 25.0 Å². The molecule has 0 aromatic rings. The van der Waals surface area contributed by atoms with E-state index in [-0.39, 0.29) is 12.2 Å². The summed E-state index contributed by atoms with van der Waals surface area (Å²) in [6, 6.07) is 0. The molecule has 0 amide bonds. The van der Waals surface area contributed by atoms with E-state index in [9.17, 15) is 0 Å². The van der Waals surface area contributed by atoms with Crippen molar-refractivity contribution in [2.75, 3.05) is 52.9 Å². The predicted octanol–water partition coefficient (Wildman–Crippen LogP) is 4.77. The van der Waals surface area contributed by atoms with Gasteiger partial charge in [-0.3, -0.25) is 0 Å². The molecule has 0 aromatic carbocycles. The van der Waals surface area contributed by atoms with Gasteiger partial charge >= 0.3 is 0 Å². The first-order valence-electron chi connectivity index (χ1n) is 14.5. The van der Waals surface area contributed by atoms with Crippen LogP contribution in [-0.2, 0) is 28.4 Å². The Kier molecular flexibility index (Phi) is 9.97. The van der Waals surface area contributed by atoms with Gasteiger partial charge in [0.1, 0.15) is 0 Å². The van der Waals surface area contributed by atoms with Crippen LogP contribution < -0.4 is 0 Å². The zero-order chi connectivity index (χ0) is 23.0. The summed E-state index contributed by atoms with van der Waals surface area (Å²) in [6.45, 7) is 7.51. The van der Waals surface area contributed by atoms with Gasteiger partial charge in [-0.05, 0) is 63.2 Å². The van der Waals surface area contributed by atoms with E-state index in [1.54, 1.807) is 0 Å². The molecule has 1 aliphatic carbocycles. The molecule has 196 valence electrons. The maximum atomic E-state index is 6.53. The Morgan fingerprint density at radius 1 is 0.500 bits per heavy atom. The summed E-state index contributed by atoms with van der Waals surface area (Å²) in [5.74, 6) is 3.16. The smallest absolute Gasteiger partial charge is 0.0839 e. The van der Waals surface area contributed by atoms with Crippen LogP contribution in [0.5, 0.6) is 0 Å². The normalized spacial score (nSPS) is 35.6. The molecule has 5 fully saturated rings. The average molecular weight is 481 g/mol. The van der Waals surface area contributed by atoms with Crippen LogP contribution in [0.3, 0.4) is 0 Å². The molecule has 1 saturated carbocycles. The molecule has 34 heavy (non-hydrogen) atoms. The molecule has 6 heteroatoms. The Balaban J connectivity index is 1.12. The van der Waals surface area contributed by atoms with E-state index in [1.807, 2.05) is 0 Å². The molecule has 4 aliphatic heterocycles. The molecule has 4 heterocycles. The van der Waals surface area contributed by atoms with Crippen molar-refractivity contribution in [1.29, 1.82) is 0 Å². The van der Waals surface area contributed by atoms with Crippen LogP contribution in [0, 0.1) is 23.7 Å². The summed E-state index contributed by atoms with van der Waals surface area (Å²) >= 11 is 0. The third kappa shape index (κ3) is 8.41. The molecular formula is C28H48O6. The Morgan fingerprint density at radius 3 is 1.29 bits per heavy atom. The minimum absolute atomic E-state index is 0.255. The van der Waals surface area contributed by atoms with E-state index in [4.69, 9.17) is 28.4 Å². The second kappa shape index (κ2) is 13.3. The molecule has 4 saturated heterocycles. The summed E-state index contributed by atoms with van der Waals surface area (Å²) in [4.78, 5) is 0. The van der Waals surface area contributed by atoms with Crippen LogP contribution in [-0.4, -0.2) is 77.3 Å². The van der Waals surface area contributed by atoms with Crippen LogP contribution in [0.2, 0.25) is 0 Å². The zero-order valence-electron chi connectivity index (χ0n) is 21.2. The van der Waals surface area contributed by atoms with Crippen molar-refractivity contribution in [3.8, 4) is 0 Å². The van der Waals surface area contributed by atoms with E-state index in [2.05, 4.69) is 0 Å². The van der Waals surface area contributed by atoms with Gasteiger partial charge in [-0.25, -0.2) is 0 Å². The Bertz CT molecular complexity index is 521. The SMILES string of the molecule is C(COC1CC(CCCC2COC2)C(CCCC2COC2)CC1OCCCC1CO1)CC1CO1. The summed E-state index contributed by atoms with van der Waals surface area (Å²) in [5.41, 5.74) is 0. The molecule has 0 spiro atoms. The van der Waals surface area contributed by atoms with Crippen LogP contribution >= 0.6 is 0 Å². The quantitative estimate of drug-likeness (QED) is 0.208. The number of hydrogen-bond donors (Lipinski definition) is 0. The van der Waals surface area contributed by atoms with Gasteiger partial charge in [-0.15, -0.1) is 0 Å². The van der Waals surface area contributed by atoms with Gasteiger partial charge < -0.3 is 28.4 Å². The van der Waals surface area contributed by atoms with E-state index >= 15 is 0 Å². The van der Waals surface area contributed by atoms with E-state index in [0.29, 0.717) is 12.2 Å². The lowest BCUT2D eigenvalue weighted by atomic mass is 9.71. The Hall–Kier alpha value is -0.240. The van der Waals surface area contributed by atoms with Gasteiger partial charge in [0.05, 0.1) is 64.1 Å². The Labute approximate surface area is 206 Å². The lowest BCUT2D eigenvalue weighted by Crippen LogP contribution is -2.43. The second-order valence-electron chi connectivity index (χ2n) is 11.7. The second-order valence-corrected chi connectivity index (χ2v) is 11.7. The fourth-order valence-electron chi connectivity index (χ4n) is 6.14. The van der Waals surface area contributed by atoms with Crippen molar-refractivity contribution in [2.24, 2.45) is 23.7 Å². The molecule has 6 atom stereocenters. The first-order chi connectivity index (χ1) is 16.8. The van der Waals surface area contributed by atoms with Crippen molar-refractivity contribution in [3.63, 3.8) is 0 Å². The highest BCUT2D eigenvalue weighted by atomic mass is 16.6. The molecule has 0 aromatic heterocycles. The van der Waals surface area contributed by atoms with Gasteiger partial charge in [0.25, 0.3) is 0 Å². The zero-order valence-corrected chi connectivity index (χ0v) is 21.2. The molecule has 6 unspecified atom stereocenters. The topological polar surface area (TPSA) is 62.0 Å². The molecule has 0 bridgehead atoms. The number of epoxide rings is 2. The number of hydrogen-bond acceptors (Lipinski definition) is 6. The minimum Gasteiger partial charge on any atom is -0.381 e. The largest absolute Gasteiger partial charge is 0.381 e. The molecule has 0 N–H and O–H groups in total. The lowest BCUT2D eigenvalue weighted by molar-refractivity contribution is -0.120. The van der Waals surface area contributed by atoms with Gasteiger partial charge in [0.15, 0.2) is 0 Å². The first-order valence-corrected chi connectivity index (χ1v) is 14.5. The van der Waals surface area contributed by atoms with Crippen LogP contribution in [0.15, 0.2) is 0 Å². The van der Waals surface area contributed by atoms with Crippen molar-refractivity contribution in [3.05, 3.63) is 0 Å². The standard InChI is InChI=1S/C28H48O6/c1(5-21-15-29-16-21)7-23-13-27(31-11-3-9-25-19-33-25)28(32-12-4-10-26-20-34-26)14-24(23)8-2-6-22-17-30-18-22/h21-28H,1-20H2. The van der Waals surface area contributed by atoms with Crippen molar-refractivity contribution >= 4 is 0 Å². The third-order valence-corrected chi connectivity index (χ3v) is 8.75. The first kappa shape index (κ1) is 25.4. The van der Waals surface area contributed by atoms with Gasteiger partial charge in [-0.2, -0.15) is 0 Å². The molecule has 6 nitrogen and oxygen atoms in total. The number of ether oxygens (including phenoxy) is 6. The van der Waals surface area contributed by atoms with Crippen molar-refractivity contribution in [2.45, 2.75) is 101 Å². The van der Waals surface area contributed by atoms with Crippen LogP contribution in [0.4, 0.5) is 0 Å². The van der Waals surface area contributed by atoms with Gasteiger partial charge in [-0.1, -0.05) is 25.7 Å². The maximum Gasteiger partial charge on any atom is 0.0839 e.